The molecular formula is C12H22O2. The van der Waals surface area contributed by atoms with Crippen LogP contribution in [-0.2, 0) is 0 Å². The summed E-state index contributed by atoms with van der Waals surface area (Å²) >= 11 is 0. The van der Waals surface area contributed by atoms with Gasteiger partial charge in [0.15, 0.2) is 5.79 Å². The summed E-state index contributed by atoms with van der Waals surface area (Å²) in [6, 6.07) is 0. The highest BCUT2D eigenvalue weighted by molar-refractivity contribution is 4.83. The topological polar surface area (TPSA) is 40.5 Å². The van der Waals surface area contributed by atoms with Crippen molar-refractivity contribution in [2.45, 2.75) is 63.6 Å². The third-order valence-electron chi connectivity index (χ3n) is 4.06. The zero-order chi connectivity index (χ0) is 10.0. The Morgan fingerprint density at radius 2 is 1.43 bits per heavy atom. The lowest BCUT2D eigenvalue weighted by molar-refractivity contribution is -0.195. The fourth-order valence-corrected chi connectivity index (χ4v) is 3.28. The summed E-state index contributed by atoms with van der Waals surface area (Å²) < 4.78 is 0. The Bertz CT molecular complexity index is 183. The van der Waals surface area contributed by atoms with E-state index in [1.807, 2.05) is 0 Å². The van der Waals surface area contributed by atoms with Gasteiger partial charge in [-0.05, 0) is 24.7 Å². The zero-order valence-electron chi connectivity index (χ0n) is 8.91. The molecule has 0 heterocycles. The first kappa shape index (κ1) is 10.4. The maximum atomic E-state index is 9.63. The van der Waals surface area contributed by atoms with Gasteiger partial charge in [0.05, 0.1) is 0 Å². The third-order valence-corrected chi connectivity index (χ3v) is 4.06. The predicted molar refractivity (Wildman–Crippen MR) is 55.7 cm³/mol. The third kappa shape index (κ3) is 2.48. The van der Waals surface area contributed by atoms with E-state index in [1.54, 1.807) is 0 Å². The first-order valence-electron chi connectivity index (χ1n) is 6.12. The molecule has 2 saturated carbocycles. The van der Waals surface area contributed by atoms with Gasteiger partial charge in [-0.2, -0.15) is 0 Å². The fraction of sp³-hybridized carbons (Fsp3) is 1.00. The lowest BCUT2D eigenvalue weighted by Gasteiger charge is -2.38. The van der Waals surface area contributed by atoms with Gasteiger partial charge in [0.2, 0.25) is 0 Å². The lowest BCUT2D eigenvalue weighted by atomic mass is 9.72. The number of hydrogen-bond donors (Lipinski definition) is 2. The molecular weight excluding hydrogens is 176 g/mol. The van der Waals surface area contributed by atoms with Crippen molar-refractivity contribution in [2.75, 3.05) is 0 Å². The smallest absolute Gasteiger partial charge is 0.162 e. The van der Waals surface area contributed by atoms with Gasteiger partial charge in [0.25, 0.3) is 0 Å². The number of rotatable bonds is 1. The van der Waals surface area contributed by atoms with Crippen LogP contribution in [-0.4, -0.2) is 16.0 Å². The minimum Gasteiger partial charge on any atom is -0.366 e. The van der Waals surface area contributed by atoms with E-state index < -0.39 is 5.79 Å². The zero-order valence-corrected chi connectivity index (χ0v) is 8.91. The van der Waals surface area contributed by atoms with Gasteiger partial charge in [0.1, 0.15) is 0 Å². The average molecular weight is 198 g/mol. The van der Waals surface area contributed by atoms with E-state index in [4.69, 9.17) is 0 Å². The molecule has 2 heteroatoms. The minimum atomic E-state index is -1.35. The second-order valence-corrected chi connectivity index (χ2v) is 5.24. The average Bonchev–Trinajstić information content (AvgIpc) is 2.18. The maximum absolute atomic E-state index is 9.63. The van der Waals surface area contributed by atoms with Gasteiger partial charge in [-0.25, -0.2) is 0 Å². The van der Waals surface area contributed by atoms with Crippen LogP contribution in [0.1, 0.15) is 57.8 Å². The van der Waals surface area contributed by atoms with Crippen molar-refractivity contribution in [1.29, 1.82) is 0 Å². The highest BCUT2D eigenvalue weighted by atomic mass is 16.5. The van der Waals surface area contributed by atoms with E-state index in [2.05, 4.69) is 0 Å². The van der Waals surface area contributed by atoms with Crippen LogP contribution in [0.2, 0.25) is 0 Å². The summed E-state index contributed by atoms with van der Waals surface area (Å²) in [4.78, 5) is 0. The van der Waals surface area contributed by atoms with Crippen molar-refractivity contribution in [3.8, 4) is 0 Å². The highest BCUT2D eigenvalue weighted by Crippen LogP contribution is 2.40. The molecule has 1 unspecified atom stereocenters. The van der Waals surface area contributed by atoms with Crippen LogP contribution in [0.5, 0.6) is 0 Å². The molecule has 14 heavy (non-hydrogen) atoms. The molecule has 0 aromatic carbocycles. The SMILES string of the molecule is OC1(O)CCCC(C2CCCCC2)C1. The Hall–Kier alpha value is -0.0800. The molecule has 2 aliphatic carbocycles. The number of aliphatic hydroxyl groups is 2. The van der Waals surface area contributed by atoms with Gasteiger partial charge in [0, 0.05) is 12.8 Å². The predicted octanol–water partition coefficient (Wildman–Crippen LogP) is 2.44. The molecule has 2 fully saturated rings. The molecule has 2 aliphatic rings. The first-order chi connectivity index (χ1) is 6.67. The Morgan fingerprint density at radius 3 is 2.07 bits per heavy atom. The van der Waals surface area contributed by atoms with Crippen LogP contribution >= 0.6 is 0 Å². The van der Waals surface area contributed by atoms with Crippen molar-refractivity contribution in [2.24, 2.45) is 11.8 Å². The Kier molecular flexibility index (Phi) is 3.13. The van der Waals surface area contributed by atoms with Crippen LogP contribution in [0.3, 0.4) is 0 Å². The molecule has 2 rings (SSSR count). The summed E-state index contributed by atoms with van der Waals surface area (Å²) in [7, 11) is 0. The molecule has 0 aromatic heterocycles. The lowest BCUT2D eigenvalue weighted by Crippen LogP contribution is -2.37. The van der Waals surface area contributed by atoms with Crippen LogP contribution in [0.4, 0.5) is 0 Å². The molecule has 0 bridgehead atoms. The molecule has 0 spiro atoms. The quantitative estimate of drug-likeness (QED) is 0.635. The normalized spacial score (nSPS) is 34.3. The van der Waals surface area contributed by atoms with Crippen LogP contribution in [0, 0.1) is 11.8 Å². The molecule has 0 saturated heterocycles. The Balaban J connectivity index is 1.89. The van der Waals surface area contributed by atoms with Gasteiger partial charge in [-0.1, -0.05) is 32.1 Å². The van der Waals surface area contributed by atoms with Crippen LogP contribution < -0.4 is 0 Å². The van der Waals surface area contributed by atoms with Crippen molar-refractivity contribution < 1.29 is 10.2 Å². The van der Waals surface area contributed by atoms with Gasteiger partial charge < -0.3 is 10.2 Å². The van der Waals surface area contributed by atoms with E-state index >= 15 is 0 Å². The summed E-state index contributed by atoms with van der Waals surface area (Å²) in [5, 5.41) is 19.3. The summed E-state index contributed by atoms with van der Waals surface area (Å²) in [6.07, 6.45) is 10.1. The van der Waals surface area contributed by atoms with E-state index in [9.17, 15) is 10.2 Å². The Labute approximate surface area is 86.3 Å². The first-order valence-corrected chi connectivity index (χ1v) is 6.12. The molecule has 1 atom stereocenters. The standard InChI is InChI=1S/C12H22O2/c13-12(14)8-4-7-11(9-12)10-5-2-1-3-6-10/h10-11,13-14H,1-9H2. The molecule has 82 valence electrons. The van der Waals surface area contributed by atoms with Crippen molar-refractivity contribution >= 4 is 0 Å². The fourth-order valence-electron chi connectivity index (χ4n) is 3.28. The summed E-state index contributed by atoms with van der Waals surface area (Å²) in [5.74, 6) is 0.0159. The molecule has 2 nitrogen and oxygen atoms in total. The van der Waals surface area contributed by atoms with E-state index in [0.29, 0.717) is 18.8 Å². The maximum Gasteiger partial charge on any atom is 0.162 e. The molecule has 2 N–H and O–H groups in total. The van der Waals surface area contributed by atoms with Gasteiger partial charge in [-0.3, -0.25) is 0 Å². The molecule has 0 radical (unpaired) electrons. The monoisotopic (exact) mass is 198 g/mol. The van der Waals surface area contributed by atoms with E-state index in [0.717, 1.165) is 12.3 Å². The van der Waals surface area contributed by atoms with Gasteiger partial charge >= 0.3 is 0 Å². The summed E-state index contributed by atoms with van der Waals surface area (Å²) in [5.41, 5.74) is 0. The van der Waals surface area contributed by atoms with E-state index in [-0.39, 0.29) is 0 Å². The van der Waals surface area contributed by atoms with Crippen molar-refractivity contribution in [1.82, 2.24) is 0 Å². The highest BCUT2D eigenvalue weighted by Gasteiger charge is 2.35. The Morgan fingerprint density at radius 1 is 0.786 bits per heavy atom. The second-order valence-electron chi connectivity index (χ2n) is 5.24. The number of hydrogen-bond acceptors (Lipinski definition) is 2. The molecule has 0 aliphatic heterocycles. The molecule has 0 aromatic rings. The molecule has 0 amide bonds. The largest absolute Gasteiger partial charge is 0.366 e. The summed E-state index contributed by atoms with van der Waals surface area (Å²) in [6.45, 7) is 0. The minimum absolute atomic E-state index is 0.580. The van der Waals surface area contributed by atoms with E-state index in [1.165, 1.54) is 38.5 Å². The van der Waals surface area contributed by atoms with Crippen molar-refractivity contribution in [3.63, 3.8) is 0 Å². The van der Waals surface area contributed by atoms with Gasteiger partial charge in [-0.15, -0.1) is 0 Å². The second kappa shape index (κ2) is 4.19. The van der Waals surface area contributed by atoms with Crippen LogP contribution in [0.25, 0.3) is 0 Å². The van der Waals surface area contributed by atoms with Crippen LogP contribution in [0.15, 0.2) is 0 Å². The van der Waals surface area contributed by atoms with Crippen molar-refractivity contribution in [3.05, 3.63) is 0 Å².